The molecule has 1 rings (SSSR count). The van der Waals surface area contributed by atoms with Crippen LogP contribution in [-0.2, 0) is 16.0 Å². The van der Waals surface area contributed by atoms with Crippen LogP contribution in [0.4, 0.5) is 0 Å². The van der Waals surface area contributed by atoms with Gasteiger partial charge in [0.1, 0.15) is 0 Å². The summed E-state index contributed by atoms with van der Waals surface area (Å²) in [6, 6.07) is 0. The van der Waals surface area contributed by atoms with Crippen LogP contribution in [0.2, 0.25) is 0 Å². The van der Waals surface area contributed by atoms with E-state index in [0.717, 1.165) is 18.5 Å². The smallest absolute Gasteiger partial charge is 0.239 e. The number of hydrogen-bond acceptors (Lipinski definition) is 4. The number of nitrogens with one attached hydrogen (secondary N) is 3. The van der Waals surface area contributed by atoms with Crippen LogP contribution >= 0.6 is 0 Å². The fraction of sp³-hybridized carbons (Fsp3) is 0.500. The van der Waals surface area contributed by atoms with Crippen LogP contribution in [-0.4, -0.2) is 41.4 Å². The second-order valence-corrected chi connectivity index (χ2v) is 3.49. The van der Waals surface area contributed by atoms with Crippen molar-refractivity contribution < 1.29 is 9.59 Å². The first-order valence-corrected chi connectivity index (χ1v) is 5.43. The summed E-state index contributed by atoms with van der Waals surface area (Å²) in [5.41, 5.74) is 6.05. The molecule has 1 heterocycles. The first-order chi connectivity index (χ1) is 8.22. The molecule has 0 bridgehead atoms. The van der Waals surface area contributed by atoms with Crippen molar-refractivity contribution in [1.82, 2.24) is 20.6 Å². The van der Waals surface area contributed by atoms with Crippen molar-refractivity contribution in [3.8, 4) is 0 Å². The van der Waals surface area contributed by atoms with Gasteiger partial charge in [-0.25, -0.2) is 4.98 Å². The summed E-state index contributed by atoms with van der Waals surface area (Å²) >= 11 is 0. The van der Waals surface area contributed by atoms with E-state index in [-0.39, 0.29) is 24.9 Å². The second kappa shape index (κ2) is 7.39. The fourth-order valence-electron chi connectivity index (χ4n) is 1.24. The number of hydrogen-bond donors (Lipinski definition) is 4. The number of nitrogens with two attached hydrogens (primary N) is 1. The lowest BCUT2D eigenvalue weighted by molar-refractivity contribution is -0.125. The summed E-state index contributed by atoms with van der Waals surface area (Å²) in [6.07, 6.45) is 5.06. The molecule has 2 amide bonds. The predicted octanol–water partition coefficient (Wildman–Crippen LogP) is -1.47. The molecule has 0 aliphatic heterocycles. The Kier molecular flexibility index (Phi) is 5.73. The molecular weight excluding hydrogens is 222 g/mol. The number of carbonyl (C=O) groups is 2. The largest absolute Gasteiger partial charge is 0.355 e. The van der Waals surface area contributed by atoms with Gasteiger partial charge < -0.3 is 21.4 Å². The summed E-state index contributed by atoms with van der Waals surface area (Å²) < 4.78 is 0. The van der Waals surface area contributed by atoms with Crippen molar-refractivity contribution in [3.63, 3.8) is 0 Å². The summed E-state index contributed by atoms with van der Waals surface area (Å²) in [4.78, 5) is 28.9. The van der Waals surface area contributed by atoms with Gasteiger partial charge in [-0.05, 0) is 12.8 Å². The molecule has 0 atom stereocenters. The van der Waals surface area contributed by atoms with E-state index < -0.39 is 0 Å². The number of rotatable bonds is 7. The van der Waals surface area contributed by atoms with Gasteiger partial charge in [-0.2, -0.15) is 0 Å². The zero-order valence-electron chi connectivity index (χ0n) is 9.53. The minimum absolute atomic E-state index is 0.0293. The van der Waals surface area contributed by atoms with E-state index in [1.165, 1.54) is 0 Å². The van der Waals surface area contributed by atoms with E-state index >= 15 is 0 Å². The van der Waals surface area contributed by atoms with Crippen LogP contribution in [0.3, 0.4) is 0 Å². The second-order valence-electron chi connectivity index (χ2n) is 3.49. The number of H-pyrrole nitrogens is 1. The monoisotopic (exact) mass is 239 g/mol. The minimum atomic E-state index is -0.336. The zero-order valence-corrected chi connectivity index (χ0v) is 9.53. The van der Waals surface area contributed by atoms with Gasteiger partial charge in [-0.15, -0.1) is 0 Å². The topological polar surface area (TPSA) is 113 Å². The van der Waals surface area contributed by atoms with E-state index in [1.807, 2.05) is 6.20 Å². The molecule has 5 N–H and O–H groups in total. The highest BCUT2D eigenvalue weighted by atomic mass is 16.2. The molecule has 0 aliphatic rings. The average Bonchev–Trinajstić information content (AvgIpc) is 2.84. The van der Waals surface area contributed by atoms with E-state index in [0.29, 0.717) is 6.54 Å². The van der Waals surface area contributed by atoms with Gasteiger partial charge in [0.05, 0.1) is 25.1 Å². The third-order valence-electron chi connectivity index (χ3n) is 2.12. The molecule has 1 aromatic rings. The molecule has 7 heteroatoms. The van der Waals surface area contributed by atoms with Gasteiger partial charge in [0.2, 0.25) is 11.8 Å². The van der Waals surface area contributed by atoms with Gasteiger partial charge in [-0.3, -0.25) is 9.59 Å². The average molecular weight is 239 g/mol. The fourth-order valence-corrected chi connectivity index (χ4v) is 1.24. The van der Waals surface area contributed by atoms with Gasteiger partial charge >= 0.3 is 0 Å². The lowest BCUT2D eigenvalue weighted by Gasteiger charge is -2.05. The molecule has 7 nitrogen and oxygen atoms in total. The molecule has 0 saturated carbocycles. The number of imidazole rings is 1. The number of nitrogens with zero attached hydrogens (tertiary/aromatic N) is 1. The van der Waals surface area contributed by atoms with Crippen molar-refractivity contribution in [1.29, 1.82) is 0 Å². The van der Waals surface area contributed by atoms with Gasteiger partial charge in [0.25, 0.3) is 0 Å². The minimum Gasteiger partial charge on any atom is -0.355 e. The molecule has 0 aromatic carbocycles. The molecule has 0 saturated heterocycles. The van der Waals surface area contributed by atoms with Crippen molar-refractivity contribution in [2.24, 2.45) is 5.73 Å². The molecule has 17 heavy (non-hydrogen) atoms. The predicted molar refractivity (Wildman–Crippen MR) is 62.0 cm³/mol. The van der Waals surface area contributed by atoms with Crippen LogP contribution in [0.5, 0.6) is 0 Å². The maximum absolute atomic E-state index is 11.2. The van der Waals surface area contributed by atoms with Crippen LogP contribution in [0.1, 0.15) is 12.1 Å². The number of aryl methyl sites for hydroxylation is 1. The number of aromatic nitrogens is 2. The summed E-state index contributed by atoms with van der Waals surface area (Å²) in [7, 11) is 0. The molecule has 1 aromatic heterocycles. The van der Waals surface area contributed by atoms with Crippen molar-refractivity contribution >= 4 is 11.8 Å². The Labute approximate surface area is 99.2 Å². The first kappa shape index (κ1) is 13.2. The summed E-state index contributed by atoms with van der Waals surface area (Å²) in [5, 5.41) is 5.09. The lowest BCUT2D eigenvalue weighted by Crippen LogP contribution is -2.39. The Balaban J connectivity index is 2.02. The molecule has 0 unspecified atom stereocenters. The summed E-state index contributed by atoms with van der Waals surface area (Å²) in [5.74, 6) is -0.550. The Bertz CT molecular complexity index is 350. The highest BCUT2D eigenvalue weighted by Gasteiger charge is 2.03. The Morgan fingerprint density at radius 1 is 1.35 bits per heavy atom. The Morgan fingerprint density at radius 2 is 2.18 bits per heavy atom. The van der Waals surface area contributed by atoms with E-state index in [9.17, 15) is 9.59 Å². The van der Waals surface area contributed by atoms with Crippen LogP contribution < -0.4 is 16.4 Å². The molecular formula is C10H17N5O2. The Morgan fingerprint density at radius 3 is 2.82 bits per heavy atom. The van der Waals surface area contributed by atoms with Gasteiger partial charge in [0, 0.05) is 12.7 Å². The quantitative estimate of drug-likeness (QED) is 0.435. The van der Waals surface area contributed by atoms with Gasteiger partial charge in [0.15, 0.2) is 0 Å². The standard InChI is InChI=1S/C10H17N5O2/c11-4-9(16)14-6-10(17)13-3-1-2-8-5-12-7-15-8/h5,7H,1-4,6,11H2,(H,12,15)(H,13,17)(H,14,16). The maximum atomic E-state index is 11.2. The molecule has 0 aliphatic carbocycles. The first-order valence-electron chi connectivity index (χ1n) is 5.43. The van der Waals surface area contributed by atoms with Crippen molar-refractivity contribution in [2.75, 3.05) is 19.6 Å². The normalized spacial score (nSPS) is 9.94. The van der Waals surface area contributed by atoms with Gasteiger partial charge in [-0.1, -0.05) is 0 Å². The highest BCUT2D eigenvalue weighted by molar-refractivity contribution is 5.85. The molecule has 0 fully saturated rings. The number of amides is 2. The third kappa shape index (κ3) is 5.67. The van der Waals surface area contributed by atoms with Crippen molar-refractivity contribution in [2.45, 2.75) is 12.8 Å². The van der Waals surface area contributed by atoms with Crippen LogP contribution in [0, 0.1) is 0 Å². The van der Waals surface area contributed by atoms with Crippen LogP contribution in [0.15, 0.2) is 12.5 Å². The highest BCUT2D eigenvalue weighted by Crippen LogP contribution is 1.95. The molecule has 0 spiro atoms. The Hall–Kier alpha value is -1.89. The van der Waals surface area contributed by atoms with E-state index in [4.69, 9.17) is 5.73 Å². The summed E-state index contributed by atoms with van der Waals surface area (Å²) in [6.45, 7) is 0.426. The third-order valence-corrected chi connectivity index (χ3v) is 2.12. The lowest BCUT2D eigenvalue weighted by atomic mass is 10.2. The SMILES string of the molecule is NCC(=O)NCC(=O)NCCCc1c[nH]cn1. The maximum Gasteiger partial charge on any atom is 0.239 e. The number of aromatic amines is 1. The number of carbonyl (C=O) groups excluding carboxylic acids is 2. The van der Waals surface area contributed by atoms with Crippen molar-refractivity contribution in [3.05, 3.63) is 18.2 Å². The van der Waals surface area contributed by atoms with Crippen LogP contribution in [0.25, 0.3) is 0 Å². The van der Waals surface area contributed by atoms with E-state index in [1.54, 1.807) is 6.33 Å². The molecule has 94 valence electrons. The zero-order chi connectivity index (χ0) is 12.5. The van der Waals surface area contributed by atoms with E-state index in [2.05, 4.69) is 20.6 Å². The molecule has 0 radical (unpaired) electrons.